The van der Waals surface area contributed by atoms with Gasteiger partial charge in [-0.15, -0.1) is 0 Å². The highest BCUT2D eigenvalue weighted by atomic mass is 32.1. The third kappa shape index (κ3) is 4.94. The average molecular weight is 508 g/mol. The molecule has 0 spiro atoms. The lowest BCUT2D eigenvalue weighted by atomic mass is 10.1. The van der Waals surface area contributed by atoms with Gasteiger partial charge in [0.15, 0.2) is 28.1 Å². The zero-order valence-electron chi connectivity index (χ0n) is 19.8. The summed E-state index contributed by atoms with van der Waals surface area (Å²) in [5.41, 5.74) is 1.96. The summed E-state index contributed by atoms with van der Waals surface area (Å²) in [6.07, 6.45) is 1.61. The normalized spacial score (nSPS) is 11.9. The van der Waals surface area contributed by atoms with E-state index in [1.165, 1.54) is 0 Å². The zero-order chi connectivity index (χ0) is 25.1. The van der Waals surface area contributed by atoms with Gasteiger partial charge in [-0.05, 0) is 54.2 Å². The molecule has 9 nitrogen and oxygen atoms in total. The Labute approximate surface area is 212 Å². The van der Waals surface area contributed by atoms with Gasteiger partial charge in [0.25, 0.3) is 5.56 Å². The molecule has 2 N–H and O–H groups in total. The van der Waals surface area contributed by atoms with Crippen LogP contribution in [0.5, 0.6) is 23.0 Å². The van der Waals surface area contributed by atoms with Crippen LogP contribution in [0.2, 0.25) is 0 Å². The fraction of sp³-hybridized carbons (Fsp3) is 0.231. The first-order chi connectivity index (χ1) is 17.5. The number of hydrogen-bond donors (Lipinski definition) is 2. The molecule has 0 saturated carbocycles. The fourth-order valence-corrected chi connectivity index (χ4v) is 4.25. The molecule has 10 heteroatoms. The number of aromatic nitrogens is 1. The maximum atomic E-state index is 13.0. The van der Waals surface area contributed by atoms with Crippen LogP contribution in [0.15, 0.2) is 64.0 Å². The number of thiocarbonyl (C=S) groups is 1. The van der Waals surface area contributed by atoms with E-state index < -0.39 is 0 Å². The lowest BCUT2D eigenvalue weighted by Gasteiger charge is -2.26. The van der Waals surface area contributed by atoms with Crippen LogP contribution in [0.1, 0.15) is 16.9 Å². The molecule has 0 amide bonds. The summed E-state index contributed by atoms with van der Waals surface area (Å²) >= 11 is 5.73. The van der Waals surface area contributed by atoms with Crippen molar-refractivity contribution in [1.82, 2.24) is 15.2 Å². The molecule has 0 fully saturated rings. The molecular formula is C26H25N3O6S. The third-order valence-corrected chi connectivity index (χ3v) is 6.28. The first kappa shape index (κ1) is 23.6. The Balaban J connectivity index is 1.44. The molecular weight excluding hydrogens is 482 g/mol. The van der Waals surface area contributed by atoms with Crippen LogP contribution in [0, 0.1) is 0 Å². The minimum absolute atomic E-state index is 0.201. The van der Waals surface area contributed by atoms with Crippen molar-refractivity contribution in [2.45, 2.75) is 19.6 Å². The largest absolute Gasteiger partial charge is 0.493 e. The van der Waals surface area contributed by atoms with Crippen LogP contribution < -0.4 is 29.8 Å². The van der Waals surface area contributed by atoms with Gasteiger partial charge in [0.05, 0.1) is 39.1 Å². The maximum Gasteiger partial charge on any atom is 0.253 e. The van der Waals surface area contributed by atoms with Crippen molar-refractivity contribution in [2.75, 3.05) is 21.0 Å². The number of aromatic amines is 1. The Morgan fingerprint density at radius 1 is 1.06 bits per heavy atom. The number of fused-ring (bicyclic) bond motifs is 2. The minimum atomic E-state index is -0.209. The molecule has 3 heterocycles. The van der Waals surface area contributed by atoms with E-state index in [0.717, 1.165) is 16.7 Å². The Morgan fingerprint density at radius 3 is 2.64 bits per heavy atom. The fourth-order valence-electron chi connectivity index (χ4n) is 4.05. The lowest BCUT2D eigenvalue weighted by Crippen LogP contribution is -2.39. The SMILES string of the molecule is COc1cc2cc(CN(Cc3ccc4c(c3)OCO4)C(=S)NCc3ccco3)c(=O)[nH]c2cc1OC. The summed E-state index contributed by atoms with van der Waals surface area (Å²) < 4.78 is 27.1. The highest BCUT2D eigenvalue weighted by Crippen LogP contribution is 2.33. The first-order valence-corrected chi connectivity index (χ1v) is 11.7. The predicted octanol–water partition coefficient (Wildman–Crippen LogP) is 3.94. The Bertz CT molecular complexity index is 1450. The van der Waals surface area contributed by atoms with E-state index in [-0.39, 0.29) is 18.9 Å². The third-order valence-electron chi connectivity index (χ3n) is 5.88. The van der Waals surface area contributed by atoms with Gasteiger partial charge in [0, 0.05) is 23.6 Å². The van der Waals surface area contributed by atoms with Crippen LogP contribution in [0.4, 0.5) is 0 Å². The molecule has 2 aromatic heterocycles. The summed E-state index contributed by atoms with van der Waals surface area (Å²) in [6, 6.07) is 14.9. The molecule has 36 heavy (non-hydrogen) atoms. The number of benzene rings is 2. The molecule has 0 atom stereocenters. The van der Waals surface area contributed by atoms with E-state index in [9.17, 15) is 4.79 Å². The maximum absolute atomic E-state index is 13.0. The number of rotatable bonds is 8. The quantitative estimate of drug-likeness (QED) is 0.344. The highest BCUT2D eigenvalue weighted by Gasteiger charge is 2.18. The van der Waals surface area contributed by atoms with Crippen molar-refractivity contribution in [2.24, 2.45) is 0 Å². The zero-order valence-corrected chi connectivity index (χ0v) is 20.6. The Morgan fingerprint density at radius 2 is 1.86 bits per heavy atom. The van der Waals surface area contributed by atoms with Gasteiger partial charge >= 0.3 is 0 Å². The van der Waals surface area contributed by atoms with E-state index in [1.54, 1.807) is 26.5 Å². The molecule has 4 aromatic rings. The van der Waals surface area contributed by atoms with Crippen molar-refractivity contribution in [1.29, 1.82) is 0 Å². The number of H-pyrrole nitrogens is 1. The summed E-state index contributed by atoms with van der Waals surface area (Å²) in [7, 11) is 3.13. The monoisotopic (exact) mass is 507 g/mol. The van der Waals surface area contributed by atoms with E-state index in [4.69, 9.17) is 35.6 Å². The van der Waals surface area contributed by atoms with Crippen molar-refractivity contribution in [3.05, 3.63) is 82.0 Å². The summed E-state index contributed by atoms with van der Waals surface area (Å²) in [5.74, 6) is 3.27. The van der Waals surface area contributed by atoms with Crippen molar-refractivity contribution >= 4 is 28.2 Å². The molecule has 1 aliphatic rings. The number of methoxy groups -OCH3 is 2. The van der Waals surface area contributed by atoms with Crippen molar-refractivity contribution in [3.8, 4) is 23.0 Å². The average Bonchev–Trinajstić information content (AvgIpc) is 3.58. The van der Waals surface area contributed by atoms with Crippen LogP contribution in [0.25, 0.3) is 10.9 Å². The topological polar surface area (TPSA) is 98.2 Å². The molecule has 0 saturated heterocycles. The van der Waals surface area contributed by atoms with Crippen molar-refractivity contribution in [3.63, 3.8) is 0 Å². The summed E-state index contributed by atoms with van der Waals surface area (Å²) in [4.78, 5) is 17.9. The summed E-state index contributed by atoms with van der Waals surface area (Å²) in [6.45, 7) is 1.35. The minimum Gasteiger partial charge on any atom is -0.493 e. The highest BCUT2D eigenvalue weighted by molar-refractivity contribution is 7.80. The summed E-state index contributed by atoms with van der Waals surface area (Å²) in [5, 5.41) is 4.53. The van der Waals surface area contributed by atoms with Crippen LogP contribution in [-0.2, 0) is 19.6 Å². The number of ether oxygens (including phenoxy) is 4. The Hall–Kier alpha value is -4.18. The number of nitrogens with zero attached hydrogens (tertiary/aromatic N) is 1. The molecule has 5 rings (SSSR count). The van der Waals surface area contributed by atoms with Gasteiger partial charge in [-0.3, -0.25) is 4.79 Å². The van der Waals surface area contributed by atoms with Gasteiger partial charge in [0.2, 0.25) is 6.79 Å². The van der Waals surface area contributed by atoms with E-state index in [0.29, 0.717) is 52.3 Å². The van der Waals surface area contributed by atoms with Crippen molar-refractivity contribution < 1.29 is 23.4 Å². The van der Waals surface area contributed by atoms with E-state index >= 15 is 0 Å². The molecule has 186 valence electrons. The second-order valence-corrected chi connectivity index (χ2v) is 8.59. The van der Waals surface area contributed by atoms with E-state index in [1.807, 2.05) is 47.4 Å². The second kappa shape index (κ2) is 10.2. The van der Waals surface area contributed by atoms with Gasteiger partial charge in [-0.2, -0.15) is 0 Å². The molecule has 0 bridgehead atoms. The van der Waals surface area contributed by atoms with Gasteiger partial charge in [0.1, 0.15) is 5.76 Å². The first-order valence-electron chi connectivity index (χ1n) is 11.3. The molecule has 1 aliphatic heterocycles. The smallest absolute Gasteiger partial charge is 0.253 e. The van der Waals surface area contributed by atoms with Crippen LogP contribution in [-0.4, -0.2) is 36.0 Å². The number of furan rings is 1. The van der Waals surface area contributed by atoms with Gasteiger partial charge < -0.3 is 38.6 Å². The Kier molecular flexibility index (Phi) is 6.68. The lowest BCUT2D eigenvalue weighted by molar-refractivity contribution is 0.174. The molecule has 0 aliphatic carbocycles. The van der Waals surface area contributed by atoms with E-state index in [2.05, 4.69) is 10.3 Å². The molecule has 2 aromatic carbocycles. The molecule has 0 unspecified atom stereocenters. The second-order valence-electron chi connectivity index (χ2n) is 8.20. The number of nitrogens with one attached hydrogen (secondary N) is 2. The standard InChI is InChI=1S/C26H25N3O6S/c1-31-22-10-17-9-18(25(30)28-20(17)11-23(22)32-2)14-29(26(36)27-12-19-4-3-7-33-19)13-16-5-6-21-24(8-16)35-15-34-21/h3-11H,12-15H2,1-2H3,(H,27,36)(H,28,30). The van der Waals surface area contributed by atoms with Gasteiger partial charge in [-0.25, -0.2) is 0 Å². The van der Waals surface area contributed by atoms with Crippen LogP contribution >= 0.6 is 12.2 Å². The van der Waals surface area contributed by atoms with Gasteiger partial charge in [-0.1, -0.05) is 6.07 Å². The molecule has 0 radical (unpaired) electrons. The predicted molar refractivity (Wildman–Crippen MR) is 138 cm³/mol. The number of hydrogen-bond acceptors (Lipinski definition) is 7. The van der Waals surface area contributed by atoms with Crippen LogP contribution in [0.3, 0.4) is 0 Å². The number of pyridine rings is 1.